The molecule has 0 aromatic carbocycles. The summed E-state index contributed by atoms with van der Waals surface area (Å²) in [5.41, 5.74) is 0. The van der Waals surface area contributed by atoms with E-state index in [1.807, 2.05) is 0 Å². The molecule has 0 aromatic heterocycles. The van der Waals surface area contributed by atoms with Gasteiger partial charge in [-0.05, 0) is 65.5 Å². The molecule has 15 heteroatoms. The van der Waals surface area contributed by atoms with E-state index in [1.165, 1.54) is 0 Å². The second kappa shape index (κ2) is 9.59. The van der Waals surface area contributed by atoms with Gasteiger partial charge in [0.25, 0.3) is 9.28 Å². The van der Waals surface area contributed by atoms with Crippen molar-refractivity contribution in [2.24, 2.45) is 0 Å². The first-order valence-corrected chi connectivity index (χ1v) is 28.6. The summed E-state index contributed by atoms with van der Waals surface area (Å²) in [5, 5.41) is 0. The molecule has 2 fully saturated rings. The van der Waals surface area contributed by atoms with E-state index >= 15 is 0 Å². The van der Waals surface area contributed by atoms with E-state index in [0.29, 0.717) is 24.9 Å². The standard InChI is InChI=1S/C14H40O8Si7/c1-23-15-11-27(7,8)21-29(22-28(9,10)12-16-23)17-13-25(3,4)19-24(2)20-26(5,6)14-18-29/h23-24H,11-14H2,1-10H3. The molecule has 172 valence electrons. The zero-order valence-electron chi connectivity index (χ0n) is 19.7. The van der Waals surface area contributed by atoms with Crippen LogP contribution in [0.15, 0.2) is 0 Å². The van der Waals surface area contributed by atoms with E-state index in [0.717, 1.165) is 0 Å². The van der Waals surface area contributed by atoms with Gasteiger partial charge in [0.1, 0.15) is 0 Å². The van der Waals surface area contributed by atoms with Gasteiger partial charge in [-0.15, -0.1) is 0 Å². The summed E-state index contributed by atoms with van der Waals surface area (Å²) >= 11 is 0. The first-order chi connectivity index (χ1) is 13.0. The molecule has 0 N–H and O–H groups in total. The molecule has 29 heavy (non-hydrogen) atoms. The lowest BCUT2D eigenvalue weighted by Crippen LogP contribution is -2.66. The monoisotopic (exact) mass is 532 g/mol. The largest absolute Gasteiger partial charge is 0.658 e. The molecule has 0 unspecified atom stereocenters. The van der Waals surface area contributed by atoms with Gasteiger partial charge < -0.3 is 34.2 Å². The van der Waals surface area contributed by atoms with Crippen molar-refractivity contribution in [2.45, 2.75) is 65.5 Å². The van der Waals surface area contributed by atoms with Crippen molar-refractivity contribution in [3.05, 3.63) is 0 Å². The van der Waals surface area contributed by atoms with Crippen molar-refractivity contribution < 1.29 is 34.2 Å². The third-order valence-corrected chi connectivity index (χ3v) is 25.4. The highest BCUT2D eigenvalue weighted by atomic mass is 28.5. The molecule has 0 aromatic rings. The van der Waals surface area contributed by atoms with Crippen molar-refractivity contribution in [1.82, 2.24) is 0 Å². The van der Waals surface area contributed by atoms with Crippen LogP contribution in [0, 0.1) is 0 Å². The summed E-state index contributed by atoms with van der Waals surface area (Å²) in [6, 6.07) is 0. The fraction of sp³-hybridized carbons (Fsp3) is 1.00. The third kappa shape index (κ3) is 8.92. The Balaban J connectivity index is 2.39. The molecule has 0 saturated carbocycles. The smallest absolute Gasteiger partial charge is 0.437 e. The summed E-state index contributed by atoms with van der Waals surface area (Å²) < 4.78 is 51.3. The molecule has 1 spiro atoms. The molecule has 2 saturated heterocycles. The first kappa shape index (κ1) is 26.5. The molecular weight excluding hydrogens is 493 g/mol. The molecule has 2 aliphatic rings. The normalized spacial score (nSPS) is 38.3. The summed E-state index contributed by atoms with van der Waals surface area (Å²) in [7, 11) is -15.6. The Kier molecular flexibility index (Phi) is 8.75. The quantitative estimate of drug-likeness (QED) is 0.440. The second-order valence-corrected chi connectivity index (χ2v) is 33.6. The lowest BCUT2D eigenvalue weighted by molar-refractivity contribution is 0.0471. The molecule has 0 bridgehead atoms. The van der Waals surface area contributed by atoms with Gasteiger partial charge in [-0.25, -0.2) is 0 Å². The average Bonchev–Trinajstić information content (AvgIpc) is 2.52. The van der Waals surface area contributed by atoms with Gasteiger partial charge in [0.15, 0.2) is 16.6 Å². The number of hydrogen-bond donors (Lipinski definition) is 0. The van der Waals surface area contributed by atoms with E-state index < -0.39 is 60.9 Å². The predicted molar refractivity (Wildman–Crippen MR) is 130 cm³/mol. The number of rotatable bonds is 0. The molecule has 0 aliphatic carbocycles. The fourth-order valence-corrected chi connectivity index (χ4v) is 28.3. The van der Waals surface area contributed by atoms with Crippen LogP contribution in [-0.2, 0) is 34.2 Å². The van der Waals surface area contributed by atoms with Crippen LogP contribution in [0.2, 0.25) is 65.5 Å². The van der Waals surface area contributed by atoms with E-state index in [-0.39, 0.29) is 0 Å². The van der Waals surface area contributed by atoms with E-state index in [1.54, 1.807) is 0 Å². The zero-order valence-corrected chi connectivity index (χ0v) is 27.1. The van der Waals surface area contributed by atoms with Crippen LogP contribution in [0.25, 0.3) is 0 Å². The number of hydrogen-bond acceptors (Lipinski definition) is 8. The Morgan fingerprint density at radius 3 is 1.28 bits per heavy atom. The summed E-state index contributed by atoms with van der Waals surface area (Å²) in [6.45, 7) is 21.3. The van der Waals surface area contributed by atoms with E-state index in [4.69, 9.17) is 34.2 Å². The zero-order chi connectivity index (χ0) is 22.1. The van der Waals surface area contributed by atoms with Gasteiger partial charge in [0.05, 0.1) is 24.9 Å². The van der Waals surface area contributed by atoms with Crippen LogP contribution < -0.4 is 0 Å². The van der Waals surface area contributed by atoms with Gasteiger partial charge in [-0.3, -0.25) is 0 Å². The van der Waals surface area contributed by atoms with Crippen molar-refractivity contribution in [1.29, 1.82) is 0 Å². The molecular formula is C14H40O8Si7. The van der Waals surface area contributed by atoms with Crippen LogP contribution in [0.3, 0.4) is 0 Å². The Morgan fingerprint density at radius 2 is 0.897 bits per heavy atom. The van der Waals surface area contributed by atoms with Crippen LogP contribution in [-0.4, -0.2) is 85.8 Å². The van der Waals surface area contributed by atoms with Crippen LogP contribution in [0.1, 0.15) is 0 Å². The third-order valence-electron chi connectivity index (χ3n) is 4.30. The minimum Gasteiger partial charge on any atom is -0.437 e. The fourth-order valence-electron chi connectivity index (χ4n) is 3.12. The Morgan fingerprint density at radius 1 is 0.517 bits per heavy atom. The van der Waals surface area contributed by atoms with Crippen molar-refractivity contribution in [3.63, 3.8) is 0 Å². The molecule has 8 nitrogen and oxygen atoms in total. The maximum Gasteiger partial charge on any atom is 0.658 e. The maximum atomic E-state index is 6.70. The maximum absolute atomic E-state index is 6.70. The molecule has 2 aliphatic heterocycles. The van der Waals surface area contributed by atoms with Crippen molar-refractivity contribution in [2.75, 3.05) is 24.9 Å². The first-order valence-electron chi connectivity index (χ1n) is 10.3. The Labute approximate surface area is 185 Å². The summed E-state index contributed by atoms with van der Waals surface area (Å²) in [5.74, 6) is 0. The summed E-state index contributed by atoms with van der Waals surface area (Å²) in [4.78, 5) is 0. The van der Waals surface area contributed by atoms with Crippen LogP contribution >= 0.6 is 0 Å². The highest BCUT2D eigenvalue weighted by Gasteiger charge is 2.56. The molecule has 2 heterocycles. The minimum absolute atomic E-state index is 0.462. The Bertz CT molecular complexity index is 516. The molecule has 0 atom stereocenters. The van der Waals surface area contributed by atoms with Crippen LogP contribution in [0.5, 0.6) is 0 Å². The Hall–Kier alpha value is 1.20. The van der Waals surface area contributed by atoms with Gasteiger partial charge in [-0.1, -0.05) is 0 Å². The molecule has 2 rings (SSSR count). The van der Waals surface area contributed by atoms with E-state index in [9.17, 15) is 0 Å². The van der Waals surface area contributed by atoms with E-state index in [2.05, 4.69) is 65.5 Å². The molecule has 0 amide bonds. The second-order valence-electron chi connectivity index (χ2n) is 10.3. The highest BCUT2D eigenvalue weighted by molar-refractivity contribution is 6.87. The highest BCUT2D eigenvalue weighted by Crippen LogP contribution is 2.28. The van der Waals surface area contributed by atoms with Crippen molar-refractivity contribution >= 4 is 60.9 Å². The van der Waals surface area contributed by atoms with Gasteiger partial charge >= 0.3 is 18.3 Å². The minimum atomic E-state index is -3.43. The van der Waals surface area contributed by atoms with Crippen LogP contribution in [0.4, 0.5) is 0 Å². The van der Waals surface area contributed by atoms with Gasteiger partial charge in [0.2, 0.25) is 16.6 Å². The SMILES string of the molecule is C[SiH]1OC[Si](C)(C)O[Si]2(OC[Si](C)(C)O[SiH](C)O[Si](C)(C)CO2)O[Si](C)(C)CO1. The lowest BCUT2D eigenvalue weighted by atomic mass is 11.7. The molecule has 0 radical (unpaired) electrons. The summed E-state index contributed by atoms with van der Waals surface area (Å²) in [6.07, 6.45) is 2.02. The average molecular weight is 533 g/mol. The van der Waals surface area contributed by atoms with Gasteiger partial charge in [0, 0.05) is 0 Å². The van der Waals surface area contributed by atoms with Gasteiger partial charge in [-0.2, -0.15) is 0 Å². The predicted octanol–water partition coefficient (Wildman–Crippen LogP) is 2.26. The topological polar surface area (TPSA) is 73.8 Å². The lowest BCUT2D eigenvalue weighted by Gasteiger charge is -2.44. The van der Waals surface area contributed by atoms with Crippen molar-refractivity contribution in [3.8, 4) is 0 Å².